The summed E-state index contributed by atoms with van der Waals surface area (Å²) in [5.41, 5.74) is 0. The van der Waals surface area contributed by atoms with Crippen molar-refractivity contribution in [2.24, 2.45) is 5.92 Å². The van der Waals surface area contributed by atoms with E-state index < -0.39 is 0 Å². The molecule has 0 aromatic carbocycles. The van der Waals surface area contributed by atoms with Crippen molar-refractivity contribution < 1.29 is 0 Å². The molecular formula is C15H30N2. The molecule has 100 valence electrons. The molecule has 2 heteroatoms. The van der Waals surface area contributed by atoms with Crippen molar-refractivity contribution in [3.05, 3.63) is 0 Å². The van der Waals surface area contributed by atoms with E-state index in [0.717, 1.165) is 18.0 Å². The fourth-order valence-corrected chi connectivity index (χ4v) is 3.15. The van der Waals surface area contributed by atoms with Crippen LogP contribution in [-0.2, 0) is 0 Å². The van der Waals surface area contributed by atoms with Gasteiger partial charge in [0.05, 0.1) is 0 Å². The van der Waals surface area contributed by atoms with Gasteiger partial charge in [-0.25, -0.2) is 0 Å². The number of nitrogens with zero attached hydrogens (tertiary/aromatic N) is 1. The van der Waals surface area contributed by atoms with Gasteiger partial charge in [-0.1, -0.05) is 33.1 Å². The molecule has 2 nitrogen and oxygen atoms in total. The summed E-state index contributed by atoms with van der Waals surface area (Å²) in [6.07, 6.45) is 9.78. The third-order valence-corrected chi connectivity index (χ3v) is 4.43. The monoisotopic (exact) mass is 238 g/mol. The summed E-state index contributed by atoms with van der Waals surface area (Å²) in [6.45, 7) is 8.51. The highest BCUT2D eigenvalue weighted by Gasteiger charge is 2.36. The molecule has 1 aliphatic carbocycles. The van der Waals surface area contributed by atoms with Gasteiger partial charge in [-0.3, -0.25) is 4.90 Å². The van der Waals surface area contributed by atoms with Gasteiger partial charge in [0, 0.05) is 25.2 Å². The predicted octanol–water partition coefficient (Wildman–Crippen LogP) is 3.03. The molecule has 2 unspecified atom stereocenters. The lowest BCUT2D eigenvalue weighted by atomic mass is 10.0. The highest BCUT2D eigenvalue weighted by atomic mass is 15.2. The zero-order chi connectivity index (χ0) is 12.1. The van der Waals surface area contributed by atoms with Crippen LogP contribution in [0.2, 0.25) is 0 Å². The molecule has 0 aromatic rings. The number of hydrogen-bond donors (Lipinski definition) is 1. The Morgan fingerprint density at radius 1 is 1.12 bits per heavy atom. The normalized spacial score (nSPS) is 30.7. The Morgan fingerprint density at radius 3 is 2.59 bits per heavy atom. The van der Waals surface area contributed by atoms with Crippen LogP contribution in [0, 0.1) is 5.92 Å². The molecule has 0 aromatic heterocycles. The molecule has 2 aliphatic rings. The number of rotatable bonds is 7. The van der Waals surface area contributed by atoms with Gasteiger partial charge < -0.3 is 5.32 Å². The van der Waals surface area contributed by atoms with E-state index in [-0.39, 0.29) is 0 Å². The molecule has 2 rings (SSSR count). The summed E-state index contributed by atoms with van der Waals surface area (Å²) in [6, 6.07) is 1.62. The molecule has 0 radical (unpaired) electrons. The predicted molar refractivity (Wildman–Crippen MR) is 74.3 cm³/mol. The Bertz CT molecular complexity index is 213. The van der Waals surface area contributed by atoms with Crippen molar-refractivity contribution in [2.75, 3.05) is 19.6 Å². The van der Waals surface area contributed by atoms with Crippen LogP contribution in [0.4, 0.5) is 0 Å². The van der Waals surface area contributed by atoms with Crippen LogP contribution in [0.25, 0.3) is 0 Å². The molecule has 0 spiro atoms. The third kappa shape index (κ3) is 3.96. The minimum absolute atomic E-state index is 0.810. The number of piperazine rings is 1. The Labute approximate surface area is 107 Å². The highest BCUT2D eigenvalue weighted by molar-refractivity contribution is 4.94. The SMILES string of the molecule is CCCCCN1CC(C2CC2)NCC1CCC. The first-order valence-corrected chi connectivity index (χ1v) is 7.82. The van der Waals surface area contributed by atoms with E-state index in [1.165, 1.54) is 64.6 Å². The molecule has 1 N–H and O–H groups in total. The maximum absolute atomic E-state index is 3.79. The average molecular weight is 238 g/mol. The second-order valence-electron chi connectivity index (χ2n) is 6.00. The van der Waals surface area contributed by atoms with Crippen molar-refractivity contribution >= 4 is 0 Å². The van der Waals surface area contributed by atoms with Crippen molar-refractivity contribution in [1.82, 2.24) is 10.2 Å². The van der Waals surface area contributed by atoms with Crippen LogP contribution in [0.3, 0.4) is 0 Å². The standard InChI is InChI=1S/C15H30N2/c1-3-5-6-10-17-12-15(13-8-9-13)16-11-14(17)7-4-2/h13-16H,3-12H2,1-2H3. The van der Waals surface area contributed by atoms with E-state index >= 15 is 0 Å². The van der Waals surface area contributed by atoms with Crippen LogP contribution in [-0.4, -0.2) is 36.6 Å². The van der Waals surface area contributed by atoms with Gasteiger partial charge in [-0.05, 0) is 38.1 Å². The lowest BCUT2D eigenvalue weighted by molar-refractivity contribution is 0.113. The zero-order valence-electron chi connectivity index (χ0n) is 11.8. The van der Waals surface area contributed by atoms with Crippen LogP contribution in [0.1, 0.15) is 58.8 Å². The number of hydrogen-bond acceptors (Lipinski definition) is 2. The van der Waals surface area contributed by atoms with Gasteiger partial charge in [0.2, 0.25) is 0 Å². The van der Waals surface area contributed by atoms with Crippen molar-refractivity contribution in [2.45, 2.75) is 70.9 Å². The van der Waals surface area contributed by atoms with E-state index in [2.05, 4.69) is 24.1 Å². The van der Waals surface area contributed by atoms with Crippen LogP contribution in [0.15, 0.2) is 0 Å². The molecule has 17 heavy (non-hydrogen) atoms. The van der Waals surface area contributed by atoms with Crippen molar-refractivity contribution in [3.63, 3.8) is 0 Å². The summed E-state index contributed by atoms with van der Waals surface area (Å²) >= 11 is 0. The van der Waals surface area contributed by atoms with Gasteiger partial charge in [0.25, 0.3) is 0 Å². The summed E-state index contributed by atoms with van der Waals surface area (Å²) in [4.78, 5) is 2.79. The minimum Gasteiger partial charge on any atom is -0.311 e. The lowest BCUT2D eigenvalue weighted by Crippen LogP contribution is -2.57. The first-order chi connectivity index (χ1) is 8.35. The Hall–Kier alpha value is -0.0800. The Kier molecular flexibility index (Phi) is 5.30. The van der Waals surface area contributed by atoms with E-state index in [1.54, 1.807) is 0 Å². The summed E-state index contributed by atoms with van der Waals surface area (Å²) in [5, 5.41) is 3.79. The summed E-state index contributed by atoms with van der Waals surface area (Å²) < 4.78 is 0. The molecule has 1 heterocycles. The van der Waals surface area contributed by atoms with Gasteiger partial charge in [-0.15, -0.1) is 0 Å². The molecule has 1 saturated heterocycles. The fourth-order valence-electron chi connectivity index (χ4n) is 3.15. The van der Waals surface area contributed by atoms with Crippen molar-refractivity contribution in [3.8, 4) is 0 Å². The van der Waals surface area contributed by atoms with Crippen LogP contribution in [0.5, 0.6) is 0 Å². The second kappa shape index (κ2) is 6.75. The largest absolute Gasteiger partial charge is 0.311 e. The first kappa shape index (κ1) is 13.4. The molecule has 1 aliphatic heterocycles. The van der Waals surface area contributed by atoms with E-state index in [4.69, 9.17) is 0 Å². The lowest BCUT2D eigenvalue weighted by Gasteiger charge is -2.41. The van der Waals surface area contributed by atoms with Gasteiger partial charge in [-0.2, -0.15) is 0 Å². The molecule has 0 amide bonds. The average Bonchev–Trinajstić information content (AvgIpc) is 3.16. The maximum Gasteiger partial charge on any atom is 0.0224 e. The highest BCUT2D eigenvalue weighted by Crippen LogP contribution is 2.34. The van der Waals surface area contributed by atoms with Gasteiger partial charge in [0.15, 0.2) is 0 Å². The minimum atomic E-state index is 0.810. The second-order valence-corrected chi connectivity index (χ2v) is 6.00. The quantitative estimate of drug-likeness (QED) is 0.686. The van der Waals surface area contributed by atoms with E-state index in [0.29, 0.717) is 0 Å². The smallest absolute Gasteiger partial charge is 0.0224 e. The molecule has 2 atom stereocenters. The zero-order valence-corrected chi connectivity index (χ0v) is 11.8. The molecular weight excluding hydrogens is 208 g/mol. The Morgan fingerprint density at radius 2 is 1.94 bits per heavy atom. The van der Waals surface area contributed by atoms with Crippen LogP contribution >= 0.6 is 0 Å². The molecule has 1 saturated carbocycles. The Balaban J connectivity index is 1.80. The van der Waals surface area contributed by atoms with Gasteiger partial charge in [0.1, 0.15) is 0 Å². The number of nitrogens with one attached hydrogen (secondary N) is 1. The van der Waals surface area contributed by atoms with Gasteiger partial charge >= 0.3 is 0 Å². The third-order valence-electron chi connectivity index (χ3n) is 4.43. The number of unbranched alkanes of at least 4 members (excludes halogenated alkanes) is 2. The summed E-state index contributed by atoms with van der Waals surface area (Å²) in [7, 11) is 0. The van der Waals surface area contributed by atoms with E-state index in [1.807, 2.05) is 0 Å². The first-order valence-electron chi connectivity index (χ1n) is 7.82. The summed E-state index contributed by atoms with van der Waals surface area (Å²) in [5.74, 6) is 1.01. The topological polar surface area (TPSA) is 15.3 Å². The maximum atomic E-state index is 3.79. The van der Waals surface area contributed by atoms with Crippen molar-refractivity contribution in [1.29, 1.82) is 0 Å². The fraction of sp³-hybridized carbons (Fsp3) is 1.00. The van der Waals surface area contributed by atoms with Crippen LogP contribution < -0.4 is 5.32 Å². The van der Waals surface area contributed by atoms with E-state index in [9.17, 15) is 0 Å². The molecule has 2 fully saturated rings. The molecule has 0 bridgehead atoms.